The molecule has 0 atom stereocenters. The molecule has 0 aliphatic carbocycles. The van der Waals surface area contributed by atoms with Crippen LogP contribution in [0.1, 0.15) is 12.5 Å². The lowest BCUT2D eigenvalue weighted by atomic mass is 10.2. The van der Waals surface area contributed by atoms with Crippen LogP contribution in [0.3, 0.4) is 0 Å². The maximum absolute atomic E-state index is 13.1. The van der Waals surface area contributed by atoms with Crippen molar-refractivity contribution in [1.29, 1.82) is 0 Å². The number of hydrogen-bond donors (Lipinski definition) is 1. The number of nitrogens with one attached hydrogen (secondary N) is 1. The summed E-state index contributed by atoms with van der Waals surface area (Å²) in [5.74, 6) is 0.191. The summed E-state index contributed by atoms with van der Waals surface area (Å²) in [4.78, 5) is 25.9. The van der Waals surface area contributed by atoms with Gasteiger partial charge in [0.25, 0.3) is 0 Å². The molecule has 0 radical (unpaired) electrons. The van der Waals surface area contributed by atoms with Crippen molar-refractivity contribution in [3.05, 3.63) is 90.2 Å². The van der Waals surface area contributed by atoms with Crippen LogP contribution >= 0.6 is 0 Å². The SMILES string of the molecule is CC(=O)N(CC(=O)Nc1ccccc1Oc1ccccc1)Cc1ccc(F)cc1. The van der Waals surface area contributed by atoms with Crippen LogP contribution in [0.2, 0.25) is 0 Å². The Morgan fingerprint density at radius 2 is 1.59 bits per heavy atom. The smallest absolute Gasteiger partial charge is 0.244 e. The van der Waals surface area contributed by atoms with E-state index in [0.29, 0.717) is 17.2 Å². The second-order valence-electron chi connectivity index (χ2n) is 6.46. The molecule has 3 aromatic rings. The lowest BCUT2D eigenvalue weighted by molar-refractivity contribution is -0.133. The molecule has 2 amide bonds. The first-order valence-electron chi connectivity index (χ1n) is 9.13. The van der Waals surface area contributed by atoms with E-state index in [1.807, 2.05) is 36.4 Å². The van der Waals surface area contributed by atoms with Crippen molar-refractivity contribution in [3.8, 4) is 11.5 Å². The van der Waals surface area contributed by atoms with Crippen molar-refractivity contribution in [2.24, 2.45) is 0 Å². The van der Waals surface area contributed by atoms with Crippen molar-refractivity contribution >= 4 is 17.5 Å². The second kappa shape index (κ2) is 9.50. The Kier molecular flexibility index (Phi) is 6.58. The molecule has 0 saturated heterocycles. The van der Waals surface area contributed by atoms with Crippen LogP contribution < -0.4 is 10.1 Å². The van der Waals surface area contributed by atoms with Gasteiger partial charge in [0, 0.05) is 13.5 Å². The van der Waals surface area contributed by atoms with Gasteiger partial charge in [0.15, 0.2) is 5.75 Å². The molecule has 0 aliphatic rings. The molecule has 0 bridgehead atoms. The molecule has 3 rings (SSSR count). The summed E-state index contributed by atoms with van der Waals surface area (Å²) in [6.45, 7) is 1.47. The molecule has 1 N–H and O–H groups in total. The Bertz CT molecular complexity index is 975. The zero-order chi connectivity index (χ0) is 20.6. The summed E-state index contributed by atoms with van der Waals surface area (Å²) < 4.78 is 18.9. The van der Waals surface area contributed by atoms with E-state index < -0.39 is 0 Å². The molecule has 29 heavy (non-hydrogen) atoms. The minimum Gasteiger partial charge on any atom is -0.455 e. The van der Waals surface area contributed by atoms with Gasteiger partial charge in [-0.3, -0.25) is 9.59 Å². The molecule has 0 heterocycles. The fourth-order valence-corrected chi connectivity index (χ4v) is 2.73. The number of anilines is 1. The summed E-state index contributed by atoms with van der Waals surface area (Å²) in [6.07, 6.45) is 0. The molecule has 0 aromatic heterocycles. The number of rotatable bonds is 7. The van der Waals surface area contributed by atoms with Crippen LogP contribution in [0.15, 0.2) is 78.9 Å². The Balaban J connectivity index is 1.67. The molecular weight excluding hydrogens is 371 g/mol. The number of carbonyl (C=O) groups excluding carboxylic acids is 2. The Labute approximate surface area is 168 Å². The van der Waals surface area contributed by atoms with Gasteiger partial charge >= 0.3 is 0 Å². The minimum absolute atomic E-state index is 0.133. The molecular formula is C23H21FN2O3. The summed E-state index contributed by atoms with van der Waals surface area (Å²) in [5.41, 5.74) is 1.24. The highest BCUT2D eigenvalue weighted by Gasteiger charge is 2.16. The van der Waals surface area contributed by atoms with Crippen LogP contribution in [0.4, 0.5) is 10.1 Å². The third-order valence-corrected chi connectivity index (χ3v) is 4.20. The fourth-order valence-electron chi connectivity index (χ4n) is 2.73. The molecule has 0 aliphatic heterocycles. The van der Waals surface area contributed by atoms with Gasteiger partial charge in [0.1, 0.15) is 18.1 Å². The van der Waals surface area contributed by atoms with Crippen LogP contribution in [-0.2, 0) is 16.1 Å². The van der Waals surface area contributed by atoms with E-state index in [0.717, 1.165) is 5.56 Å². The number of para-hydroxylation sites is 3. The normalized spacial score (nSPS) is 10.3. The quantitative estimate of drug-likeness (QED) is 0.639. The van der Waals surface area contributed by atoms with Crippen molar-refractivity contribution in [1.82, 2.24) is 4.90 Å². The Hall–Kier alpha value is -3.67. The number of amides is 2. The largest absolute Gasteiger partial charge is 0.455 e. The molecule has 0 unspecified atom stereocenters. The molecule has 5 nitrogen and oxygen atoms in total. The highest BCUT2D eigenvalue weighted by molar-refractivity contribution is 5.95. The van der Waals surface area contributed by atoms with Crippen molar-refractivity contribution in [2.45, 2.75) is 13.5 Å². The summed E-state index contributed by atoms with van der Waals surface area (Å²) in [5, 5.41) is 2.79. The van der Waals surface area contributed by atoms with E-state index in [4.69, 9.17) is 4.74 Å². The van der Waals surface area contributed by atoms with Crippen LogP contribution in [0.5, 0.6) is 11.5 Å². The van der Waals surface area contributed by atoms with E-state index in [-0.39, 0.29) is 30.7 Å². The first kappa shape index (κ1) is 20.1. The van der Waals surface area contributed by atoms with Crippen LogP contribution in [-0.4, -0.2) is 23.3 Å². The average Bonchev–Trinajstić information content (AvgIpc) is 2.71. The monoisotopic (exact) mass is 392 g/mol. The fraction of sp³-hybridized carbons (Fsp3) is 0.130. The molecule has 0 spiro atoms. The summed E-state index contributed by atoms with van der Waals surface area (Å²) in [7, 11) is 0. The van der Waals surface area contributed by atoms with Crippen molar-refractivity contribution in [2.75, 3.05) is 11.9 Å². The molecule has 3 aromatic carbocycles. The average molecular weight is 392 g/mol. The standard InChI is InChI=1S/C23H21FN2O3/c1-17(27)26(15-18-11-13-19(24)14-12-18)16-23(28)25-21-9-5-6-10-22(21)29-20-7-3-2-4-8-20/h2-14H,15-16H2,1H3,(H,25,28). The number of hydrogen-bond acceptors (Lipinski definition) is 3. The lowest BCUT2D eigenvalue weighted by Crippen LogP contribution is -2.36. The van der Waals surface area contributed by atoms with Gasteiger partial charge in [-0.05, 0) is 42.0 Å². The van der Waals surface area contributed by atoms with Crippen molar-refractivity contribution < 1.29 is 18.7 Å². The first-order chi connectivity index (χ1) is 14.0. The molecule has 0 fully saturated rings. The van der Waals surface area contributed by atoms with Crippen LogP contribution in [0.25, 0.3) is 0 Å². The topological polar surface area (TPSA) is 58.6 Å². The molecule has 0 saturated carbocycles. The van der Waals surface area contributed by atoms with E-state index >= 15 is 0 Å². The van der Waals surface area contributed by atoms with E-state index in [1.54, 1.807) is 30.3 Å². The first-order valence-corrected chi connectivity index (χ1v) is 9.13. The third kappa shape index (κ3) is 5.90. The summed E-state index contributed by atoms with van der Waals surface area (Å²) in [6, 6.07) is 22.1. The van der Waals surface area contributed by atoms with Gasteiger partial charge < -0.3 is 15.0 Å². The number of benzene rings is 3. The van der Waals surface area contributed by atoms with Gasteiger partial charge in [-0.2, -0.15) is 0 Å². The van der Waals surface area contributed by atoms with Gasteiger partial charge in [-0.15, -0.1) is 0 Å². The number of carbonyl (C=O) groups is 2. The highest BCUT2D eigenvalue weighted by atomic mass is 19.1. The minimum atomic E-state index is -0.355. The Morgan fingerprint density at radius 3 is 2.28 bits per heavy atom. The number of nitrogens with zero attached hydrogens (tertiary/aromatic N) is 1. The zero-order valence-electron chi connectivity index (χ0n) is 16.0. The second-order valence-corrected chi connectivity index (χ2v) is 6.46. The number of ether oxygens (including phenoxy) is 1. The van der Waals surface area contributed by atoms with Crippen LogP contribution in [0, 0.1) is 5.82 Å². The number of halogens is 1. The zero-order valence-corrected chi connectivity index (χ0v) is 16.0. The van der Waals surface area contributed by atoms with Gasteiger partial charge in [0.05, 0.1) is 5.69 Å². The van der Waals surface area contributed by atoms with Gasteiger partial charge in [-0.1, -0.05) is 42.5 Å². The van der Waals surface area contributed by atoms with Crippen molar-refractivity contribution in [3.63, 3.8) is 0 Å². The van der Waals surface area contributed by atoms with E-state index in [1.165, 1.54) is 24.0 Å². The van der Waals surface area contributed by atoms with E-state index in [2.05, 4.69) is 5.32 Å². The van der Waals surface area contributed by atoms with E-state index in [9.17, 15) is 14.0 Å². The predicted molar refractivity (Wildman–Crippen MR) is 109 cm³/mol. The lowest BCUT2D eigenvalue weighted by Gasteiger charge is -2.21. The maximum atomic E-state index is 13.1. The Morgan fingerprint density at radius 1 is 0.931 bits per heavy atom. The third-order valence-electron chi connectivity index (χ3n) is 4.20. The van der Waals surface area contributed by atoms with Gasteiger partial charge in [-0.25, -0.2) is 4.39 Å². The molecule has 148 valence electrons. The predicted octanol–water partition coefficient (Wildman–Crippen LogP) is 4.61. The highest BCUT2D eigenvalue weighted by Crippen LogP contribution is 2.29. The maximum Gasteiger partial charge on any atom is 0.244 e. The molecule has 6 heteroatoms. The summed E-state index contributed by atoms with van der Waals surface area (Å²) >= 11 is 0. The van der Waals surface area contributed by atoms with Gasteiger partial charge in [0.2, 0.25) is 11.8 Å².